The van der Waals surface area contributed by atoms with E-state index in [1.165, 1.54) is 55.7 Å². The second kappa shape index (κ2) is 7.35. The highest BCUT2D eigenvalue weighted by atomic mass is 15.0. The number of hydrogen-bond acceptors (Lipinski definition) is 0. The molecule has 146 valence electrons. The zero-order valence-electron chi connectivity index (χ0n) is 17.7. The quantitative estimate of drug-likeness (QED) is 0.296. The van der Waals surface area contributed by atoms with E-state index in [0.717, 1.165) is 0 Å². The molecule has 1 heterocycles. The summed E-state index contributed by atoms with van der Waals surface area (Å²) in [4.78, 5) is 0. The molecule has 0 saturated carbocycles. The average Bonchev–Trinajstić information content (AvgIpc) is 3.11. The lowest BCUT2D eigenvalue weighted by atomic mass is 9.97. The molecule has 30 heavy (non-hydrogen) atoms. The molecule has 5 rings (SSSR count). The van der Waals surface area contributed by atoms with Crippen LogP contribution in [0.5, 0.6) is 0 Å². The van der Waals surface area contributed by atoms with Gasteiger partial charge in [-0.25, -0.2) is 0 Å². The number of benzene rings is 4. The Morgan fingerprint density at radius 3 is 1.60 bits per heavy atom. The Balaban J connectivity index is 1.92. The van der Waals surface area contributed by atoms with Gasteiger partial charge in [0, 0.05) is 16.6 Å². The number of aromatic nitrogens is 1. The second-order valence-electron chi connectivity index (χ2n) is 8.14. The van der Waals surface area contributed by atoms with Crippen LogP contribution in [0.15, 0.2) is 97.1 Å². The third-order valence-electron chi connectivity index (χ3n) is 5.83. The van der Waals surface area contributed by atoms with Gasteiger partial charge in [-0.3, -0.25) is 0 Å². The summed E-state index contributed by atoms with van der Waals surface area (Å²) in [5.41, 5.74) is 11.2. The summed E-state index contributed by atoms with van der Waals surface area (Å²) in [5, 5.41) is 1.28. The number of para-hydroxylation sites is 1. The lowest BCUT2D eigenvalue weighted by Crippen LogP contribution is -1.97. The minimum absolute atomic E-state index is 1.19. The van der Waals surface area contributed by atoms with Crippen molar-refractivity contribution in [3.63, 3.8) is 0 Å². The highest BCUT2D eigenvalue weighted by Crippen LogP contribution is 2.42. The van der Waals surface area contributed by atoms with Crippen LogP contribution < -0.4 is 0 Å². The molecule has 0 amide bonds. The monoisotopic (exact) mass is 387 g/mol. The van der Waals surface area contributed by atoms with Crippen LogP contribution in [0.25, 0.3) is 39.0 Å². The van der Waals surface area contributed by atoms with Crippen molar-refractivity contribution in [1.29, 1.82) is 0 Å². The van der Waals surface area contributed by atoms with E-state index >= 15 is 0 Å². The minimum Gasteiger partial charge on any atom is -0.309 e. The smallest absolute Gasteiger partial charge is 0.0619 e. The van der Waals surface area contributed by atoms with E-state index in [1.54, 1.807) is 0 Å². The maximum atomic E-state index is 2.41. The van der Waals surface area contributed by atoms with Crippen molar-refractivity contribution in [3.8, 4) is 28.1 Å². The lowest BCUT2D eigenvalue weighted by molar-refractivity contribution is 1.13. The average molecular weight is 388 g/mol. The molecule has 0 aliphatic carbocycles. The van der Waals surface area contributed by atoms with Crippen LogP contribution in [0.1, 0.15) is 16.7 Å². The maximum Gasteiger partial charge on any atom is 0.0619 e. The molecule has 1 nitrogen and oxygen atoms in total. The Morgan fingerprint density at radius 2 is 1.00 bits per heavy atom. The predicted octanol–water partition coefficient (Wildman–Crippen LogP) is 7.89. The van der Waals surface area contributed by atoms with Crippen LogP contribution in [-0.4, -0.2) is 4.57 Å². The molecular weight excluding hydrogens is 362 g/mol. The van der Waals surface area contributed by atoms with Gasteiger partial charge in [-0.15, -0.1) is 0 Å². The predicted molar refractivity (Wildman–Crippen MR) is 128 cm³/mol. The van der Waals surface area contributed by atoms with Gasteiger partial charge in [0.05, 0.1) is 11.2 Å². The molecule has 1 heteroatoms. The summed E-state index contributed by atoms with van der Waals surface area (Å²) >= 11 is 0. The van der Waals surface area contributed by atoms with Crippen LogP contribution in [0.4, 0.5) is 0 Å². The molecule has 0 unspecified atom stereocenters. The minimum atomic E-state index is 1.19. The molecule has 0 saturated heterocycles. The Labute approximate surface area is 178 Å². The molecule has 0 spiro atoms. The number of nitrogens with zero attached hydrogens (tertiary/aromatic N) is 1. The van der Waals surface area contributed by atoms with Gasteiger partial charge in [-0.05, 0) is 50.1 Å². The summed E-state index contributed by atoms with van der Waals surface area (Å²) in [5.74, 6) is 0. The molecule has 0 radical (unpaired) electrons. The van der Waals surface area contributed by atoms with Gasteiger partial charge in [-0.2, -0.15) is 0 Å². The highest BCUT2D eigenvalue weighted by molar-refractivity contribution is 6.05. The van der Waals surface area contributed by atoms with Gasteiger partial charge in [0.1, 0.15) is 0 Å². The number of rotatable bonds is 3. The summed E-state index contributed by atoms with van der Waals surface area (Å²) in [6.45, 7) is 6.41. The number of hydrogen-bond donors (Lipinski definition) is 0. The van der Waals surface area contributed by atoms with Crippen LogP contribution in [0.3, 0.4) is 0 Å². The second-order valence-corrected chi connectivity index (χ2v) is 8.14. The fourth-order valence-electron chi connectivity index (χ4n) is 4.20. The SMILES string of the molecule is Cc1ccc(-c2c(-c3ccc(C)cc3)n(-c3ccc(C)cc3)c3ccccc23)cc1. The van der Waals surface area contributed by atoms with Crippen molar-refractivity contribution in [3.05, 3.63) is 114 Å². The van der Waals surface area contributed by atoms with Crippen molar-refractivity contribution in [1.82, 2.24) is 4.57 Å². The molecule has 0 atom stereocenters. The Hall–Kier alpha value is -3.58. The number of aryl methyl sites for hydroxylation is 3. The van der Waals surface area contributed by atoms with Gasteiger partial charge in [-0.1, -0.05) is 95.6 Å². The molecule has 0 aliphatic heterocycles. The van der Waals surface area contributed by atoms with Crippen molar-refractivity contribution < 1.29 is 0 Å². The summed E-state index contributed by atoms with van der Waals surface area (Å²) < 4.78 is 2.41. The lowest BCUT2D eigenvalue weighted by Gasteiger charge is -2.14. The molecule has 4 aromatic carbocycles. The Bertz CT molecular complexity index is 1240. The Kier molecular flexibility index (Phi) is 4.52. The van der Waals surface area contributed by atoms with Gasteiger partial charge in [0.15, 0.2) is 0 Å². The summed E-state index contributed by atoms with van der Waals surface area (Å²) in [6, 6.07) is 35.3. The first-order valence-electron chi connectivity index (χ1n) is 10.5. The number of fused-ring (bicyclic) bond motifs is 1. The van der Waals surface area contributed by atoms with E-state index in [2.05, 4.69) is 122 Å². The van der Waals surface area contributed by atoms with E-state index in [1.807, 2.05) is 0 Å². The first kappa shape index (κ1) is 18.4. The van der Waals surface area contributed by atoms with Crippen molar-refractivity contribution in [2.45, 2.75) is 20.8 Å². The van der Waals surface area contributed by atoms with E-state index in [0.29, 0.717) is 0 Å². The third-order valence-corrected chi connectivity index (χ3v) is 5.83. The molecule has 0 fully saturated rings. The van der Waals surface area contributed by atoms with E-state index in [9.17, 15) is 0 Å². The maximum absolute atomic E-state index is 2.41. The molecule has 0 bridgehead atoms. The fraction of sp³-hybridized carbons (Fsp3) is 0.103. The van der Waals surface area contributed by atoms with Crippen LogP contribution in [0.2, 0.25) is 0 Å². The van der Waals surface area contributed by atoms with Crippen LogP contribution in [-0.2, 0) is 0 Å². The largest absolute Gasteiger partial charge is 0.309 e. The fourth-order valence-corrected chi connectivity index (χ4v) is 4.20. The first-order chi connectivity index (χ1) is 14.6. The van der Waals surface area contributed by atoms with Crippen molar-refractivity contribution >= 4 is 10.9 Å². The van der Waals surface area contributed by atoms with Crippen molar-refractivity contribution in [2.24, 2.45) is 0 Å². The standard InChI is InChI=1S/C29H25N/c1-20-8-14-23(15-9-20)28-26-6-4-5-7-27(26)30(25-18-12-22(3)13-19-25)29(28)24-16-10-21(2)11-17-24/h4-19H,1-3H3. The van der Waals surface area contributed by atoms with Gasteiger partial charge in [0.2, 0.25) is 0 Å². The molecule has 0 N–H and O–H groups in total. The first-order valence-corrected chi connectivity index (χ1v) is 10.5. The van der Waals surface area contributed by atoms with Crippen molar-refractivity contribution in [2.75, 3.05) is 0 Å². The van der Waals surface area contributed by atoms with Crippen LogP contribution in [0, 0.1) is 20.8 Å². The summed E-state index contributed by atoms with van der Waals surface area (Å²) in [7, 11) is 0. The highest BCUT2D eigenvalue weighted by Gasteiger charge is 2.20. The summed E-state index contributed by atoms with van der Waals surface area (Å²) in [6.07, 6.45) is 0. The van der Waals surface area contributed by atoms with Gasteiger partial charge in [0.25, 0.3) is 0 Å². The van der Waals surface area contributed by atoms with E-state index < -0.39 is 0 Å². The molecule has 1 aromatic heterocycles. The van der Waals surface area contributed by atoms with E-state index in [4.69, 9.17) is 0 Å². The molecule has 5 aromatic rings. The van der Waals surface area contributed by atoms with Crippen LogP contribution >= 0.6 is 0 Å². The van der Waals surface area contributed by atoms with E-state index in [-0.39, 0.29) is 0 Å². The zero-order chi connectivity index (χ0) is 20.7. The molecule has 0 aliphatic rings. The topological polar surface area (TPSA) is 4.93 Å². The molecular formula is C29H25N. The normalized spacial score (nSPS) is 11.2. The third kappa shape index (κ3) is 3.13. The Morgan fingerprint density at radius 1 is 0.500 bits per heavy atom. The van der Waals surface area contributed by atoms with Gasteiger partial charge >= 0.3 is 0 Å². The van der Waals surface area contributed by atoms with Gasteiger partial charge < -0.3 is 4.57 Å². The zero-order valence-corrected chi connectivity index (χ0v) is 17.7.